The van der Waals surface area contributed by atoms with E-state index in [0.29, 0.717) is 17.4 Å². The van der Waals surface area contributed by atoms with Crippen molar-refractivity contribution in [3.63, 3.8) is 0 Å². The highest BCUT2D eigenvalue weighted by Crippen LogP contribution is 2.34. The van der Waals surface area contributed by atoms with Gasteiger partial charge in [0.2, 0.25) is 0 Å². The Morgan fingerprint density at radius 2 is 1.62 bits per heavy atom. The highest BCUT2D eigenvalue weighted by molar-refractivity contribution is 6.41. The highest BCUT2D eigenvalue weighted by atomic mass is 35.5. The lowest BCUT2D eigenvalue weighted by molar-refractivity contribution is -0.137. The minimum absolute atomic E-state index is 0.114. The van der Waals surface area contributed by atoms with Crippen LogP contribution in [-0.2, 0) is 15.8 Å². The van der Waals surface area contributed by atoms with Gasteiger partial charge in [-0.25, -0.2) is 10.2 Å². The van der Waals surface area contributed by atoms with Crippen molar-refractivity contribution in [1.29, 1.82) is 0 Å². The fourth-order valence-electron chi connectivity index (χ4n) is 3.11. The summed E-state index contributed by atoms with van der Waals surface area (Å²) in [6.07, 6.45) is -4.67. The fourth-order valence-corrected chi connectivity index (χ4v) is 3.28. The fraction of sp³-hybridized carbons (Fsp3) is 0.154. The Balaban J connectivity index is 1.69. The predicted molar refractivity (Wildman–Crippen MR) is 136 cm³/mol. The molecule has 13 heteroatoms. The molecule has 9 nitrogen and oxygen atoms in total. The number of carbonyl (C=O) groups is 3. The molecule has 0 aliphatic heterocycles. The zero-order valence-corrected chi connectivity index (χ0v) is 21.4. The number of hydrogen-bond acceptors (Lipinski definition) is 7. The summed E-state index contributed by atoms with van der Waals surface area (Å²) in [7, 11) is 2.83. The van der Waals surface area contributed by atoms with Crippen LogP contribution >= 0.6 is 11.6 Å². The lowest BCUT2D eigenvalue weighted by Gasteiger charge is -2.12. The molecule has 3 aromatic rings. The highest BCUT2D eigenvalue weighted by Gasteiger charge is 2.31. The van der Waals surface area contributed by atoms with Crippen molar-refractivity contribution in [3.05, 3.63) is 82.4 Å². The van der Waals surface area contributed by atoms with Crippen LogP contribution in [0.5, 0.6) is 17.2 Å². The number of ether oxygens (including phenoxy) is 3. The molecule has 0 aromatic heterocycles. The molecule has 0 unspecified atom stereocenters. The van der Waals surface area contributed by atoms with Gasteiger partial charge in [-0.2, -0.15) is 18.3 Å². The first kappa shape index (κ1) is 29.0. The molecule has 39 heavy (non-hydrogen) atoms. The Labute approximate surface area is 225 Å². The van der Waals surface area contributed by atoms with Crippen LogP contribution in [0, 0.1) is 0 Å². The lowest BCUT2D eigenvalue weighted by atomic mass is 10.1. The van der Waals surface area contributed by atoms with Crippen LogP contribution in [-0.4, -0.2) is 37.7 Å². The van der Waals surface area contributed by atoms with Crippen LogP contribution in [0.4, 0.5) is 18.9 Å². The maximum Gasteiger partial charge on any atom is 0.416 e. The van der Waals surface area contributed by atoms with Crippen molar-refractivity contribution in [2.24, 2.45) is 5.10 Å². The Kier molecular flexibility index (Phi) is 9.15. The molecule has 0 atom stereocenters. The maximum atomic E-state index is 12.9. The standard InChI is InChI=1S/C26H21ClF3N3O6/c1-14(32-33-24(35)23(34)31-20-13-17(26(28,29)30)8-9-19(20)27)15-7-10-21(22(12-15)38-3)39-25(36)16-5-4-6-18(11-16)37-2/h4-13H,1-3H3,(H,31,34)(H,33,35)/b32-14+. The molecule has 0 bridgehead atoms. The number of halogens is 4. The van der Waals surface area contributed by atoms with Crippen molar-refractivity contribution < 1.29 is 41.8 Å². The predicted octanol–water partition coefficient (Wildman–Crippen LogP) is 5.07. The number of carbonyl (C=O) groups excluding carboxylic acids is 3. The van der Waals surface area contributed by atoms with Gasteiger partial charge in [0.25, 0.3) is 0 Å². The number of hydrazone groups is 1. The Bertz CT molecular complexity index is 1440. The van der Waals surface area contributed by atoms with Gasteiger partial charge in [-0.1, -0.05) is 17.7 Å². The van der Waals surface area contributed by atoms with E-state index < -0.39 is 35.2 Å². The van der Waals surface area contributed by atoms with E-state index in [1.807, 2.05) is 10.7 Å². The Hall–Kier alpha value is -4.58. The third kappa shape index (κ3) is 7.48. The first-order chi connectivity index (χ1) is 18.4. The number of anilines is 1. The summed E-state index contributed by atoms with van der Waals surface area (Å²) in [5.41, 5.74) is 1.50. The van der Waals surface area contributed by atoms with Crippen molar-refractivity contribution in [2.45, 2.75) is 13.1 Å². The van der Waals surface area contributed by atoms with E-state index in [9.17, 15) is 27.6 Å². The number of alkyl halides is 3. The second-order valence-electron chi connectivity index (χ2n) is 7.77. The summed E-state index contributed by atoms with van der Waals surface area (Å²) in [4.78, 5) is 36.9. The van der Waals surface area contributed by atoms with Crippen molar-refractivity contribution in [3.8, 4) is 17.2 Å². The van der Waals surface area contributed by atoms with E-state index in [1.165, 1.54) is 45.4 Å². The first-order valence-electron chi connectivity index (χ1n) is 11.0. The molecular formula is C26H21ClF3N3O6. The molecule has 2 amide bonds. The number of amides is 2. The molecule has 3 aromatic carbocycles. The topological polar surface area (TPSA) is 115 Å². The largest absolute Gasteiger partial charge is 0.497 e. The average Bonchev–Trinajstić information content (AvgIpc) is 2.92. The molecule has 204 valence electrons. The van der Waals surface area contributed by atoms with Gasteiger partial charge in [0.15, 0.2) is 11.5 Å². The molecular weight excluding hydrogens is 543 g/mol. The van der Waals surface area contributed by atoms with Crippen molar-refractivity contribution >= 4 is 40.8 Å². The molecule has 0 aliphatic carbocycles. The monoisotopic (exact) mass is 563 g/mol. The molecule has 0 aliphatic rings. The quantitative estimate of drug-likeness (QED) is 0.136. The maximum absolute atomic E-state index is 12.9. The molecule has 0 heterocycles. The van der Waals surface area contributed by atoms with E-state index in [1.54, 1.807) is 18.2 Å². The minimum Gasteiger partial charge on any atom is -0.497 e. The molecule has 0 spiro atoms. The zero-order valence-electron chi connectivity index (χ0n) is 20.7. The zero-order chi connectivity index (χ0) is 28.7. The number of esters is 1. The Morgan fingerprint density at radius 1 is 0.872 bits per heavy atom. The van der Waals surface area contributed by atoms with Crippen LogP contribution in [0.3, 0.4) is 0 Å². The molecule has 3 rings (SSSR count). The summed E-state index contributed by atoms with van der Waals surface area (Å²) in [5, 5.41) is 5.67. The van der Waals surface area contributed by atoms with Crippen LogP contribution in [0.25, 0.3) is 0 Å². The summed E-state index contributed by atoms with van der Waals surface area (Å²) in [6.45, 7) is 1.51. The first-order valence-corrected chi connectivity index (χ1v) is 11.4. The normalized spacial score (nSPS) is 11.4. The second-order valence-corrected chi connectivity index (χ2v) is 8.18. The van der Waals surface area contributed by atoms with Gasteiger partial charge in [-0.15, -0.1) is 0 Å². The van der Waals surface area contributed by atoms with Gasteiger partial charge in [0.05, 0.1) is 41.8 Å². The SMILES string of the molecule is COc1cccc(C(=O)Oc2ccc(/C(C)=N/NC(=O)C(=O)Nc3cc(C(F)(F)F)ccc3Cl)cc2OC)c1. The number of nitrogens with zero attached hydrogens (tertiary/aromatic N) is 1. The second kappa shape index (κ2) is 12.3. The van der Waals surface area contributed by atoms with Gasteiger partial charge < -0.3 is 19.5 Å². The van der Waals surface area contributed by atoms with Gasteiger partial charge in [0, 0.05) is 5.56 Å². The van der Waals surface area contributed by atoms with E-state index in [-0.39, 0.29) is 27.8 Å². The summed E-state index contributed by atoms with van der Waals surface area (Å²) in [5.74, 6) is -2.41. The van der Waals surface area contributed by atoms with Gasteiger partial charge in [-0.05, 0) is 61.5 Å². The minimum atomic E-state index is -4.67. The summed E-state index contributed by atoms with van der Waals surface area (Å²) < 4.78 is 54.6. The van der Waals surface area contributed by atoms with E-state index in [4.69, 9.17) is 25.8 Å². The van der Waals surface area contributed by atoms with Gasteiger partial charge in [0.1, 0.15) is 5.75 Å². The number of rotatable bonds is 7. The van der Waals surface area contributed by atoms with Gasteiger partial charge in [-0.3, -0.25) is 9.59 Å². The molecule has 0 radical (unpaired) electrons. The third-order valence-electron chi connectivity index (χ3n) is 5.16. The van der Waals surface area contributed by atoms with Crippen LogP contribution < -0.4 is 25.0 Å². The number of methoxy groups -OCH3 is 2. The molecule has 0 fully saturated rings. The number of hydrogen-bond donors (Lipinski definition) is 2. The smallest absolute Gasteiger partial charge is 0.416 e. The molecule has 0 saturated carbocycles. The van der Waals surface area contributed by atoms with Gasteiger partial charge >= 0.3 is 24.0 Å². The summed E-state index contributed by atoms with van der Waals surface area (Å²) >= 11 is 5.83. The van der Waals surface area contributed by atoms with Crippen LogP contribution in [0.1, 0.15) is 28.4 Å². The van der Waals surface area contributed by atoms with E-state index >= 15 is 0 Å². The number of nitrogens with one attached hydrogen (secondary N) is 2. The third-order valence-corrected chi connectivity index (χ3v) is 5.49. The summed E-state index contributed by atoms with van der Waals surface area (Å²) in [6, 6.07) is 13.2. The van der Waals surface area contributed by atoms with Crippen LogP contribution in [0.2, 0.25) is 5.02 Å². The van der Waals surface area contributed by atoms with E-state index in [0.717, 1.165) is 12.1 Å². The molecule has 0 saturated heterocycles. The lowest BCUT2D eigenvalue weighted by Crippen LogP contribution is -2.33. The number of benzene rings is 3. The van der Waals surface area contributed by atoms with E-state index in [2.05, 4.69) is 5.10 Å². The molecule has 2 N–H and O–H groups in total. The van der Waals surface area contributed by atoms with Crippen LogP contribution in [0.15, 0.2) is 65.8 Å². The average molecular weight is 564 g/mol. The van der Waals surface area contributed by atoms with Crippen molar-refractivity contribution in [1.82, 2.24) is 5.43 Å². The Morgan fingerprint density at radius 3 is 2.28 bits per heavy atom. The van der Waals surface area contributed by atoms with Crippen molar-refractivity contribution in [2.75, 3.05) is 19.5 Å².